The van der Waals surface area contributed by atoms with Crippen molar-refractivity contribution in [2.24, 2.45) is 7.05 Å². The number of benzene rings is 2. The van der Waals surface area contributed by atoms with Crippen molar-refractivity contribution in [3.63, 3.8) is 0 Å². The summed E-state index contributed by atoms with van der Waals surface area (Å²) < 4.78 is 8.38. The van der Waals surface area contributed by atoms with Crippen LogP contribution in [0.5, 0.6) is 0 Å². The highest BCUT2D eigenvalue weighted by Crippen LogP contribution is 2.43. The predicted octanol–water partition coefficient (Wildman–Crippen LogP) is 4.01. The number of imidazole rings is 1. The van der Waals surface area contributed by atoms with E-state index in [9.17, 15) is 4.79 Å². The van der Waals surface area contributed by atoms with Gasteiger partial charge in [0.15, 0.2) is 5.82 Å². The predicted molar refractivity (Wildman–Crippen MR) is 113 cm³/mol. The summed E-state index contributed by atoms with van der Waals surface area (Å²) in [4.78, 5) is 19.7. The maximum atomic E-state index is 13.4. The van der Waals surface area contributed by atoms with Crippen LogP contribution in [0, 0.1) is 0 Å². The molecular formula is C24H27N3O2. The van der Waals surface area contributed by atoms with E-state index in [1.807, 2.05) is 61.5 Å². The highest BCUT2D eigenvalue weighted by atomic mass is 16.5. The number of rotatable bonds is 6. The molecule has 0 spiro atoms. The Balaban J connectivity index is 1.86. The zero-order chi connectivity index (χ0) is 20.3. The van der Waals surface area contributed by atoms with Crippen molar-refractivity contribution in [3.05, 3.63) is 90.0 Å². The van der Waals surface area contributed by atoms with E-state index in [1.54, 1.807) is 10.8 Å². The second-order valence-corrected chi connectivity index (χ2v) is 7.42. The Bertz CT molecular complexity index is 913. The highest BCUT2D eigenvalue weighted by molar-refractivity contribution is 5.91. The van der Waals surface area contributed by atoms with Crippen LogP contribution in [0.3, 0.4) is 0 Å². The topological polar surface area (TPSA) is 47.4 Å². The van der Waals surface area contributed by atoms with Gasteiger partial charge >= 0.3 is 0 Å². The number of aromatic nitrogens is 2. The third-order valence-electron chi connectivity index (χ3n) is 5.77. The van der Waals surface area contributed by atoms with Crippen LogP contribution >= 0.6 is 0 Å². The summed E-state index contributed by atoms with van der Waals surface area (Å²) in [5, 5.41) is 0. The largest absolute Gasteiger partial charge is 0.364 e. The summed E-state index contributed by atoms with van der Waals surface area (Å²) in [5.41, 5.74) is 1.41. The average molecular weight is 389 g/mol. The van der Waals surface area contributed by atoms with Crippen LogP contribution in [0.1, 0.15) is 41.5 Å². The van der Waals surface area contributed by atoms with Crippen molar-refractivity contribution < 1.29 is 9.53 Å². The van der Waals surface area contributed by atoms with E-state index in [2.05, 4.69) is 29.2 Å². The fourth-order valence-corrected chi connectivity index (χ4v) is 4.55. The molecule has 3 aromatic rings. The number of hydrogen-bond acceptors (Lipinski definition) is 3. The molecule has 0 N–H and O–H groups in total. The van der Waals surface area contributed by atoms with Gasteiger partial charge in [0.25, 0.3) is 5.91 Å². The minimum atomic E-state index is -0.728. The molecule has 5 heteroatoms. The van der Waals surface area contributed by atoms with Gasteiger partial charge in [-0.05, 0) is 30.9 Å². The number of carbonyl (C=O) groups excluding carboxylic acids is 1. The Hall–Kier alpha value is -2.92. The summed E-state index contributed by atoms with van der Waals surface area (Å²) >= 11 is 0. The summed E-state index contributed by atoms with van der Waals surface area (Å²) in [6.45, 7) is 3.26. The molecule has 1 aliphatic heterocycles. The first-order valence-corrected chi connectivity index (χ1v) is 10.2. The van der Waals surface area contributed by atoms with E-state index in [4.69, 9.17) is 4.74 Å². The van der Waals surface area contributed by atoms with Crippen molar-refractivity contribution in [2.45, 2.75) is 31.4 Å². The van der Waals surface area contributed by atoms with Gasteiger partial charge in [0.1, 0.15) is 5.60 Å². The molecule has 1 aromatic heterocycles. The maximum Gasteiger partial charge on any atom is 0.290 e. The first-order chi connectivity index (χ1) is 14.2. The molecule has 1 saturated heterocycles. The van der Waals surface area contributed by atoms with Crippen molar-refractivity contribution in [2.75, 3.05) is 13.2 Å². The Morgan fingerprint density at radius 3 is 2.24 bits per heavy atom. The molecule has 1 amide bonds. The van der Waals surface area contributed by atoms with Crippen LogP contribution < -0.4 is 0 Å². The van der Waals surface area contributed by atoms with E-state index < -0.39 is 5.60 Å². The number of aryl methyl sites for hydroxylation is 1. The smallest absolute Gasteiger partial charge is 0.290 e. The summed E-state index contributed by atoms with van der Waals surface area (Å²) in [7, 11) is 1.86. The van der Waals surface area contributed by atoms with Crippen molar-refractivity contribution in [1.29, 1.82) is 0 Å². The lowest BCUT2D eigenvalue weighted by molar-refractivity contribution is -0.0598. The number of nitrogens with zero attached hydrogens (tertiary/aromatic N) is 3. The molecule has 150 valence electrons. The van der Waals surface area contributed by atoms with Gasteiger partial charge in [-0.15, -0.1) is 0 Å². The van der Waals surface area contributed by atoms with Crippen LogP contribution in [0.25, 0.3) is 0 Å². The van der Waals surface area contributed by atoms with Crippen LogP contribution in [-0.2, 0) is 17.4 Å². The van der Waals surface area contributed by atoms with Gasteiger partial charge in [0.2, 0.25) is 0 Å². The lowest BCUT2D eigenvalue weighted by Crippen LogP contribution is -2.52. The second kappa shape index (κ2) is 8.21. The van der Waals surface area contributed by atoms with E-state index in [-0.39, 0.29) is 11.9 Å². The van der Waals surface area contributed by atoms with Crippen molar-refractivity contribution in [1.82, 2.24) is 14.5 Å². The quantitative estimate of drug-likeness (QED) is 0.640. The molecule has 29 heavy (non-hydrogen) atoms. The summed E-state index contributed by atoms with van der Waals surface area (Å²) in [6, 6.07) is 20.4. The van der Waals surface area contributed by atoms with Crippen LogP contribution in [0.4, 0.5) is 0 Å². The van der Waals surface area contributed by atoms with Gasteiger partial charge in [-0.2, -0.15) is 0 Å². The summed E-state index contributed by atoms with van der Waals surface area (Å²) in [5.74, 6) is 0.416. The lowest BCUT2D eigenvalue weighted by Gasteiger charge is -2.43. The Morgan fingerprint density at radius 2 is 1.72 bits per heavy atom. The number of likely N-dealkylation sites (tertiary alicyclic amines) is 1. The van der Waals surface area contributed by atoms with Gasteiger partial charge in [-0.25, -0.2) is 4.98 Å². The monoisotopic (exact) mass is 389 g/mol. The van der Waals surface area contributed by atoms with Gasteiger partial charge in [0.05, 0.1) is 6.04 Å². The zero-order valence-corrected chi connectivity index (χ0v) is 17.0. The molecule has 0 aliphatic carbocycles. The highest BCUT2D eigenvalue weighted by Gasteiger charge is 2.49. The van der Waals surface area contributed by atoms with Gasteiger partial charge < -0.3 is 14.2 Å². The second-order valence-electron chi connectivity index (χ2n) is 7.42. The minimum Gasteiger partial charge on any atom is -0.364 e. The van der Waals surface area contributed by atoms with Gasteiger partial charge in [-0.1, -0.05) is 60.7 Å². The Kier molecular flexibility index (Phi) is 5.49. The number of carbonyl (C=O) groups is 1. The molecule has 4 rings (SSSR count). The molecule has 2 aromatic carbocycles. The first-order valence-electron chi connectivity index (χ1n) is 10.2. The molecule has 1 atom stereocenters. The van der Waals surface area contributed by atoms with E-state index in [0.29, 0.717) is 19.0 Å². The molecule has 1 fully saturated rings. The number of amides is 1. The molecule has 0 saturated carbocycles. The van der Waals surface area contributed by atoms with E-state index >= 15 is 0 Å². The van der Waals surface area contributed by atoms with Crippen molar-refractivity contribution >= 4 is 5.91 Å². The molecule has 0 bridgehead atoms. The van der Waals surface area contributed by atoms with Crippen LogP contribution in [0.15, 0.2) is 73.1 Å². The molecule has 0 unspecified atom stereocenters. The first kappa shape index (κ1) is 19.4. The summed E-state index contributed by atoms with van der Waals surface area (Å²) in [6.07, 6.45) is 5.29. The Morgan fingerprint density at radius 1 is 1.10 bits per heavy atom. The van der Waals surface area contributed by atoms with Crippen molar-refractivity contribution in [3.8, 4) is 0 Å². The third-order valence-corrected chi connectivity index (χ3v) is 5.77. The average Bonchev–Trinajstić information content (AvgIpc) is 3.42. The molecular weight excluding hydrogens is 362 g/mol. The third kappa shape index (κ3) is 3.36. The SMILES string of the molecule is CCOC(c1ccccc1)(c1ccccc1)[C@H]1CCCN1C(=O)c1nccn1C. The van der Waals surface area contributed by atoms with E-state index in [0.717, 1.165) is 24.0 Å². The van der Waals surface area contributed by atoms with Crippen LogP contribution in [0.2, 0.25) is 0 Å². The molecule has 0 radical (unpaired) electrons. The molecule has 5 nitrogen and oxygen atoms in total. The van der Waals surface area contributed by atoms with Crippen LogP contribution in [-0.4, -0.2) is 39.6 Å². The molecule has 2 heterocycles. The zero-order valence-electron chi connectivity index (χ0n) is 17.0. The fraction of sp³-hybridized carbons (Fsp3) is 0.333. The maximum absolute atomic E-state index is 13.4. The van der Waals surface area contributed by atoms with E-state index in [1.165, 1.54) is 0 Å². The van der Waals surface area contributed by atoms with Gasteiger partial charge in [0, 0.05) is 32.6 Å². The normalized spacial score (nSPS) is 16.9. The number of hydrogen-bond donors (Lipinski definition) is 0. The molecule has 1 aliphatic rings. The number of ether oxygens (including phenoxy) is 1. The standard InChI is InChI=1S/C24H27N3O2/c1-3-29-24(19-11-6-4-7-12-19,20-13-8-5-9-14-20)21-15-10-17-27(21)23(28)22-25-16-18-26(22)2/h4-9,11-14,16,18,21H,3,10,15,17H2,1-2H3/t21-/m1/s1. The Labute approximate surface area is 171 Å². The van der Waals surface area contributed by atoms with Gasteiger partial charge in [-0.3, -0.25) is 4.79 Å². The minimum absolute atomic E-state index is 0.0454. The lowest BCUT2D eigenvalue weighted by atomic mass is 9.78. The fourth-order valence-electron chi connectivity index (χ4n) is 4.55.